The second kappa shape index (κ2) is 7.14. The van der Waals surface area contributed by atoms with Gasteiger partial charge in [0.25, 0.3) is 0 Å². The Labute approximate surface area is 162 Å². The first-order valence-corrected chi connectivity index (χ1v) is 9.02. The third-order valence-corrected chi connectivity index (χ3v) is 4.89. The van der Waals surface area contributed by atoms with Crippen LogP contribution in [0.2, 0.25) is 5.02 Å². The van der Waals surface area contributed by atoms with Crippen molar-refractivity contribution < 1.29 is 22.3 Å². The standard InChI is InChI=1S/C20H15ClF3NO3/c21-15-3-1-2-13-16(26)9-18(28-19(13)15)14-5-4-11(20(22,23)24)8-17(14)27-12-6-7-25-10-12/h1-5,8-9,12,25H,6-7,10H2/t12-/m0/s1. The van der Waals surface area contributed by atoms with Gasteiger partial charge in [0, 0.05) is 12.6 Å². The summed E-state index contributed by atoms with van der Waals surface area (Å²) < 4.78 is 51.1. The molecule has 0 saturated carbocycles. The third kappa shape index (κ3) is 3.59. The molecule has 1 atom stereocenters. The molecule has 0 radical (unpaired) electrons. The molecule has 2 heterocycles. The molecule has 1 fully saturated rings. The quantitative estimate of drug-likeness (QED) is 0.670. The summed E-state index contributed by atoms with van der Waals surface area (Å²) in [7, 11) is 0. The highest BCUT2D eigenvalue weighted by atomic mass is 35.5. The van der Waals surface area contributed by atoms with Crippen molar-refractivity contribution in [3.8, 4) is 17.1 Å². The molecule has 0 amide bonds. The van der Waals surface area contributed by atoms with Crippen molar-refractivity contribution in [3.63, 3.8) is 0 Å². The molecule has 1 saturated heterocycles. The zero-order valence-electron chi connectivity index (χ0n) is 14.5. The predicted octanol–water partition coefficient (Wildman–Crippen LogP) is 4.87. The minimum Gasteiger partial charge on any atom is -0.488 e. The molecule has 146 valence electrons. The van der Waals surface area contributed by atoms with E-state index in [1.807, 2.05) is 0 Å². The van der Waals surface area contributed by atoms with Crippen LogP contribution in [0.15, 0.2) is 51.7 Å². The molecular weight excluding hydrogens is 395 g/mol. The van der Waals surface area contributed by atoms with Gasteiger partial charge in [0.05, 0.1) is 21.5 Å². The number of hydrogen-bond donors (Lipinski definition) is 1. The first-order valence-electron chi connectivity index (χ1n) is 8.64. The largest absolute Gasteiger partial charge is 0.488 e. The average Bonchev–Trinajstić information content (AvgIpc) is 3.15. The summed E-state index contributed by atoms with van der Waals surface area (Å²) in [6.45, 7) is 1.25. The second-order valence-corrected chi connectivity index (χ2v) is 6.94. The molecule has 4 rings (SSSR count). The van der Waals surface area contributed by atoms with Crippen LogP contribution < -0.4 is 15.5 Å². The molecule has 0 unspecified atom stereocenters. The molecule has 1 aromatic heterocycles. The Kier molecular flexibility index (Phi) is 4.81. The van der Waals surface area contributed by atoms with Crippen LogP contribution >= 0.6 is 11.6 Å². The van der Waals surface area contributed by atoms with Gasteiger partial charge in [-0.1, -0.05) is 17.7 Å². The van der Waals surface area contributed by atoms with Crippen molar-refractivity contribution in [3.05, 3.63) is 63.3 Å². The van der Waals surface area contributed by atoms with Gasteiger partial charge in [0.2, 0.25) is 0 Å². The van der Waals surface area contributed by atoms with E-state index in [9.17, 15) is 18.0 Å². The minimum atomic E-state index is -4.52. The van der Waals surface area contributed by atoms with Crippen molar-refractivity contribution in [2.75, 3.05) is 13.1 Å². The third-order valence-electron chi connectivity index (χ3n) is 4.59. The Morgan fingerprint density at radius 2 is 2.00 bits per heavy atom. The number of para-hydroxylation sites is 1. The summed E-state index contributed by atoms with van der Waals surface area (Å²) in [4.78, 5) is 12.5. The summed E-state index contributed by atoms with van der Waals surface area (Å²) >= 11 is 6.13. The molecule has 0 spiro atoms. The van der Waals surface area contributed by atoms with Crippen LogP contribution in [0, 0.1) is 0 Å². The van der Waals surface area contributed by atoms with Gasteiger partial charge < -0.3 is 14.5 Å². The van der Waals surface area contributed by atoms with Gasteiger partial charge in [-0.3, -0.25) is 4.79 Å². The fourth-order valence-corrected chi connectivity index (χ4v) is 3.40. The van der Waals surface area contributed by atoms with Crippen LogP contribution in [0.4, 0.5) is 13.2 Å². The van der Waals surface area contributed by atoms with Gasteiger partial charge in [0.1, 0.15) is 17.6 Å². The molecule has 0 bridgehead atoms. The lowest BCUT2D eigenvalue weighted by molar-refractivity contribution is -0.137. The van der Waals surface area contributed by atoms with Crippen molar-refractivity contribution in [2.24, 2.45) is 0 Å². The highest BCUT2D eigenvalue weighted by Crippen LogP contribution is 2.38. The van der Waals surface area contributed by atoms with Crippen molar-refractivity contribution in [1.29, 1.82) is 0 Å². The molecule has 0 aliphatic carbocycles. The number of fused-ring (bicyclic) bond motifs is 1. The van der Waals surface area contributed by atoms with E-state index in [0.717, 1.165) is 18.7 Å². The molecule has 4 nitrogen and oxygen atoms in total. The van der Waals surface area contributed by atoms with Crippen LogP contribution in [-0.2, 0) is 6.18 Å². The number of rotatable bonds is 3. The molecule has 8 heteroatoms. The topological polar surface area (TPSA) is 51.5 Å². The summed E-state index contributed by atoms with van der Waals surface area (Å²) in [6, 6.07) is 9.13. The van der Waals surface area contributed by atoms with Crippen LogP contribution in [-0.4, -0.2) is 19.2 Å². The van der Waals surface area contributed by atoms with Crippen LogP contribution in [0.1, 0.15) is 12.0 Å². The maximum absolute atomic E-state index is 13.2. The molecule has 2 aromatic carbocycles. The van der Waals surface area contributed by atoms with Crippen LogP contribution in [0.25, 0.3) is 22.3 Å². The Balaban J connectivity index is 1.87. The Bertz CT molecular complexity index is 1090. The fourth-order valence-electron chi connectivity index (χ4n) is 3.18. The predicted molar refractivity (Wildman–Crippen MR) is 99.8 cm³/mol. The van der Waals surface area contributed by atoms with E-state index in [2.05, 4.69) is 5.32 Å². The molecule has 3 aromatic rings. The zero-order chi connectivity index (χ0) is 19.9. The second-order valence-electron chi connectivity index (χ2n) is 6.53. The highest BCUT2D eigenvalue weighted by Gasteiger charge is 2.32. The van der Waals surface area contributed by atoms with E-state index in [4.69, 9.17) is 20.8 Å². The number of nitrogens with one attached hydrogen (secondary N) is 1. The number of halogens is 4. The number of hydrogen-bond acceptors (Lipinski definition) is 4. The first-order chi connectivity index (χ1) is 13.3. The van der Waals surface area contributed by atoms with Crippen molar-refractivity contribution in [1.82, 2.24) is 5.32 Å². The van der Waals surface area contributed by atoms with Crippen molar-refractivity contribution >= 4 is 22.6 Å². The molecule has 28 heavy (non-hydrogen) atoms. The van der Waals surface area contributed by atoms with Gasteiger partial charge >= 0.3 is 6.18 Å². The molecular formula is C20H15ClF3NO3. The van der Waals surface area contributed by atoms with E-state index in [0.29, 0.717) is 18.4 Å². The number of alkyl halides is 3. The normalized spacial score (nSPS) is 17.2. The van der Waals surface area contributed by atoms with Crippen LogP contribution in [0.5, 0.6) is 5.75 Å². The van der Waals surface area contributed by atoms with Gasteiger partial charge in [0.15, 0.2) is 11.0 Å². The Morgan fingerprint density at radius 1 is 1.18 bits per heavy atom. The smallest absolute Gasteiger partial charge is 0.416 e. The van der Waals surface area contributed by atoms with E-state index >= 15 is 0 Å². The lowest BCUT2D eigenvalue weighted by Crippen LogP contribution is -2.20. The minimum absolute atomic E-state index is 0.0121. The van der Waals surface area contributed by atoms with Gasteiger partial charge in [-0.15, -0.1) is 0 Å². The summed E-state index contributed by atoms with van der Waals surface area (Å²) in [5, 5.41) is 3.64. The molecule has 1 aliphatic rings. The van der Waals surface area contributed by atoms with Crippen molar-refractivity contribution in [2.45, 2.75) is 18.7 Å². The van der Waals surface area contributed by atoms with Gasteiger partial charge in [-0.2, -0.15) is 13.2 Å². The van der Waals surface area contributed by atoms with E-state index in [-0.39, 0.29) is 39.2 Å². The highest BCUT2D eigenvalue weighted by molar-refractivity contribution is 6.34. The molecule has 1 N–H and O–H groups in total. The maximum Gasteiger partial charge on any atom is 0.416 e. The van der Waals surface area contributed by atoms with E-state index < -0.39 is 11.7 Å². The van der Waals surface area contributed by atoms with Crippen LogP contribution in [0.3, 0.4) is 0 Å². The zero-order valence-corrected chi connectivity index (χ0v) is 15.2. The Morgan fingerprint density at radius 3 is 2.71 bits per heavy atom. The van der Waals surface area contributed by atoms with E-state index in [1.165, 1.54) is 12.1 Å². The monoisotopic (exact) mass is 409 g/mol. The maximum atomic E-state index is 13.2. The SMILES string of the molecule is O=c1cc(-c2ccc(C(F)(F)F)cc2O[C@H]2CCNC2)oc2c(Cl)cccc12. The fraction of sp³-hybridized carbons (Fsp3) is 0.250. The number of benzene rings is 2. The lowest BCUT2D eigenvalue weighted by Gasteiger charge is -2.18. The Hall–Kier alpha value is -2.51. The summed E-state index contributed by atoms with van der Waals surface area (Å²) in [6.07, 6.45) is -4.11. The van der Waals surface area contributed by atoms with E-state index in [1.54, 1.807) is 18.2 Å². The van der Waals surface area contributed by atoms with Gasteiger partial charge in [-0.25, -0.2) is 0 Å². The van der Waals surface area contributed by atoms with Gasteiger partial charge in [-0.05, 0) is 43.3 Å². The average molecular weight is 410 g/mol. The first kappa shape index (κ1) is 18.8. The lowest BCUT2D eigenvalue weighted by atomic mass is 10.1. The number of ether oxygens (including phenoxy) is 1. The summed E-state index contributed by atoms with van der Waals surface area (Å²) in [5.74, 6) is 0.110. The summed E-state index contributed by atoms with van der Waals surface area (Å²) in [5.41, 5.74) is -0.732. The molecule has 1 aliphatic heterocycles.